The Morgan fingerprint density at radius 2 is 0.967 bits per heavy atom. The van der Waals surface area contributed by atoms with Crippen molar-refractivity contribution < 1.29 is 24.0 Å². The topological polar surface area (TPSA) is 133 Å². The van der Waals surface area contributed by atoms with Crippen molar-refractivity contribution in [2.45, 2.75) is 92.4 Å². The van der Waals surface area contributed by atoms with Gasteiger partial charge < -0.3 is 21.3 Å². The number of nitrogens with one attached hydrogen (secondary N) is 4. The molecule has 0 saturated carbocycles. The van der Waals surface area contributed by atoms with Crippen molar-refractivity contribution in [1.29, 1.82) is 0 Å². The van der Waals surface area contributed by atoms with E-state index in [0.717, 1.165) is 0 Å². The molecule has 4 N–H and O–H groups in total. The second-order valence-corrected chi connectivity index (χ2v) is 8.64. The van der Waals surface area contributed by atoms with Crippen LogP contribution >= 0.6 is 0 Å². The van der Waals surface area contributed by atoms with Gasteiger partial charge in [0.2, 0.25) is 23.6 Å². The summed E-state index contributed by atoms with van der Waals surface area (Å²) in [4.78, 5) is 60.4. The third-order valence-electron chi connectivity index (χ3n) is 4.42. The zero-order valence-electron chi connectivity index (χ0n) is 19.4. The summed E-state index contributed by atoms with van der Waals surface area (Å²) in [6.07, 6.45) is 0.872. The standard InChI is InChI=1S/C21H38N4O5/c1-11(2)9-17(15(7)26)24-20(29)14(6)23-21(30)18(10-12(3)4)25-19(28)13(5)22-16(8)27/h11-14,17-18H,9-10H2,1-8H3,(H,22,27)(H,23,30)(H,24,29)(H,25,28)/t13-,14-,17-,18-/m1/s1. The van der Waals surface area contributed by atoms with Gasteiger partial charge in [0.15, 0.2) is 5.78 Å². The molecule has 4 amide bonds. The Morgan fingerprint density at radius 3 is 1.37 bits per heavy atom. The van der Waals surface area contributed by atoms with Crippen LogP contribution in [0.15, 0.2) is 0 Å². The average Bonchev–Trinajstić information content (AvgIpc) is 2.58. The number of amides is 4. The van der Waals surface area contributed by atoms with Crippen molar-refractivity contribution in [2.24, 2.45) is 11.8 Å². The molecule has 0 heterocycles. The maximum Gasteiger partial charge on any atom is 0.243 e. The Balaban J connectivity index is 5.07. The zero-order chi connectivity index (χ0) is 23.6. The smallest absolute Gasteiger partial charge is 0.243 e. The van der Waals surface area contributed by atoms with Gasteiger partial charge >= 0.3 is 0 Å². The first-order valence-electron chi connectivity index (χ1n) is 10.4. The normalized spacial score (nSPS) is 15.0. The van der Waals surface area contributed by atoms with Crippen LogP contribution in [0.3, 0.4) is 0 Å². The minimum Gasteiger partial charge on any atom is -0.345 e. The third-order valence-corrected chi connectivity index (χ3v) is 4.42. The van der Waals surface area contributed by atoms with Crippen LogP contribution in [0.4, 0.5) is 0 Å². The molecular weight excluding hydrogens is 388 g/mol. The van der Waals surface area contributed by atoms with Crippen molar-refractivity contribution >= 4 is 29.4 Å². The van der Waals surface area contributed by atoms with Crippen LogP contribution in [-0.4, -0.2) is 53.6 Å². The monoisotopic (exact) mass is 426 g/mol. The minimum atomic E-state index is -0.883. The molecule has 0 bridgehead atoms. The molecule has 0 aromatic rings. The molecule has 0 aliphatic rings. The molecule has 0 aliphatic heterocycles. The number of carbonyl (C=O) groups excluding carboxylic acids is 5. The number of hydrogen-bond donors (Lipinski definition) is 4. The van der Waals surface area contributed by atoms with E-state index >= 15 is 0 Å². The highest BCUT2D eigenvalue weighted by Crippen LogP contribution is 2.08. The van der Waals surface area contributed by atoms with E-state index in [1.54, 1.807) is 0 Å². The molecule has 0 saturated heterocycles. The molecule has 172 valence electrons. The van der Waals surface area contributed by atoms with Gasteiger partial charge in [-0.15, -0.1) is 0 Å². The SMILES string of the molecule is CC(=O)N[C@H](C)C(=O)N[C@H](CC(C)C)C(=O)N[C@H](C)C(=O)N[C@H](CC(C)C)C(C)=O. The molecule has 0 unspecified atom stereocenters. The van der Waals surface area contributed by atoms with Crippen molar-refractivity contribution in [2.75, 3.05) is 0 Å². The van der Waals surface area contributed by atoms with E-state index in [4.69, 9.17) is 0 Å². The summed E-state index contributed by atoms with van der Waals surface area (Å²) < 4.78 is 0. The van der Waals surface area contributed by atoms with E-state index in [0.29, 0.717) is 12.8 Å². The summed E-state index contributed by atoms with van der Waals surface area (Å²) >= 11 is 0. The van der Waals surface area contributed by atoms with Gasteiger partial charge in [-0.3, -0.25) is 24.0 Å². The highest BCUT2D eigenvalue weighted by Gasteiger charge is 2.28. The van der Waals surface area contributed by atoms with Gasteiger partial charge in [-0.25, -0.2) is 0 Å². The molecule has 0 radical (unpaired) electrons. The van der Waals surface area contributed by atoms with E-state index in [-0.39, 0.29) is 23.5 Å². The average molecular weight is 427 g/mol. The Labute approximate surface area is 179 Å². The first-order valence-corrected chi connectivity index (χ1v) is 10.4. The maximum atomic E-state index is 12.7. The highest BCUT2D eigenvalue weighted by molar-refractivity contribution is 5.95. The summed E-state index contributed by atoms with van der Waals surface area (Å²) in [7, 11) is 0. The number of ketones is 1. The zero-order valence-corrected chi connectivity index (χ0v) is 19.4. The lowest BCUT2D eigenvalue weighted by atomic mass is 10.0. The predicted octanol–water partition coefficient (Wildman–Crippen LogP) is 0.667. The summed E-state index contributed by atoms with van der Waals surface area (Å²) in [6, 6.07) is -3.14. The summed E-state index contributed by atoms with van der Waals surface area (Å²) in [5.41, 5.74) is 0. The fraction of sp³-hybridized carbons (Fsp3) is 0.762. The quantitative estimate of drug-likeness (QED) is 0.364. The number of rotatable bonds is 12. The number of hydrogen-bond acceptors (Lipinski definition) is 5. The van der Waals surface area contributed by atoms with E-state index in [1.807, 2.05) is 27.7 Å². The molecule has 4 atom stereocenters. The van der Waals surface area contributed by atoms with Gasteiger partial charge in [0.25, 0.3) is 0 Å². The summed E-state index contributed by atoms with van der Waals surface area (Å²) in [6.45, 7) is 13.5. The molecule has 0 spiro atoms. The Morgan fingerprint density at radius 1 is 0.567 bits per heavy atom. The van der Waals surface area contributed by atoms with E-state index in [1.165, 1.54) is 27.7 Å². The van der Waals surface area contributed by atoms with Crippen molar-refractivity contribution in [3.63, 3.8) is 0 Å². The van der Waals surface area contributed by atoms with Gasteiger partial charge in [0.05, 0.1) is 6.04 Å². The van der Waals surface area contributed by atoms with Crippen molar-refractivity contribution in [1.82, 2.24) is 21.3 Å². The van der Waals surface area contributed by atoms with E-state index < -0.39 is 41.9 Å². The Hall–Kier alpha value is -2.45. The Kier molecular flexibility index (Phi) is 11.9. The fourth-order valence-electron chi connectivity index (χ4n) is 2.84. The first-order chi connectivity index (χ1) is 13.7. The van der Waals surface area contributed by atoms with Gasteiger partial charge in [-0.2, -0.15) is 0 Å². The minimum absolute atomic E-state index is 0.106. The molecule has 0 aromatic heterocycles. The van der Waals surface area contributed by atoms with Gasteiger partial charge in [-0.05, 0) is 45.4 Å². The second-order valence-electron chi connectivity index (χ2n) is 8.64. The van der Waals surface area contributed by atoms with Crippen LogP contribution in [-0.2, 0) is 24.0 Å². The first kappa shape index (κ1) is 27.5. The van der Waals surface area contributed by atoms with Crippen LogP contribution in [0.25, 0.3) is 0 Å². The molecule has 0 aliphatic carbocycles. The number of Topliss-reactive ketones (excluding diaryl/α,β-unsaturated/α-hetero) is 1. The lowest BCUT2D eigenvalue weighted by Gasteiger charge is -2.25. The van der Waals surface area contributed by atoms with E-state index in [9.17, 15) is 24.0 Å². The van der Waals surface area contributed by atoms with Crippen LogP contribution in [0, 0.1) is 11.8 Å². The molecule has 0 fully saturated rings. The maximum absolute atomic E-state index is 12.7. The Bertz CT molecular complexity index is 633. The predicted molar refractivity (Wildman–Crippen MR) is 114 cm³/mol. The van der Waals surface area contributed by atoms with Crippen LogP contribution in [0.2, 0.25) is 0 Å². The molecule has 9 heteroatoms. The van der Waals surface area contributed by atoms with Crippen LogP contribution in [0.1, 0.15) is 68.2 Å². The fourth-order valence-corrected chi connectivity index (χ4v) is 2.84. The van der Waals surface area contributed by atoms with Gasteiger partial charge in [0, 0.05) is 6.92 Å². The summed E-state index contributed by atoms with van der Waals surface area (Å²) in [5, 5.41) is 10.4. The number of carbonyl (C=O) groups is 5. The lowest BCUT2D eigenvalue weighted by Crippen LogP contribution is -2.56. The van der Waals surface area contributed by atoms with Crippen LogP contribution in [0.5, 0.6) is 0 Å². The van der Waals surface area contributed by atoms with Gasteiger partial charge in [0.1, 0.15) is 18.1 Å². The molecule has 0 rings (SSSR count). The van der Waals surface area contributed by atoms with E-state index in [2.05, 4.69) is 21.3 Å². The van der Waals surface area contributed by atoms with Crippen molar-refractivity contribution in [3.8, 4) is 0 Å². The molecular formula is C21H38N4O5. The highest BCUT2D eigenvalue weighted by atomic mass is 16.2. The molecule has 9 nitrogen and oxygen atoms in total. The summed E-state index contributed by atoms with van der Waals surface area (Å²) in [5.74, 6) is -1.63. The van der Waals surface area contributed by atoms with Crippen LogP contribution < -0.4 is 21.3 Å². The largest absolute Gasteiger partial charge is 0.345 e. The molecule has 0 aromatic carbocycles. The van der Waals surface area contributed by atoms with Crippen molar-refractivity contribution in [3.05, 3.63) is 0 Å². The van der Waals surface area contributed by atoms with Gasteiger partial charge in [-0.1, -0.05) is 27.7 Å². The second kappa shape index (κ2) is 13.0. The third kappa shape index (κ3) is 10.9. The lowest BCUT2D eigenvalue weighted by molar-refractivity contribution is -0.134. The molecule has 30 heavy (non-hydrogen) atoms.